The lowest BCUT2D eigenvalue weighted by molar-refractivity contribution is -0.151. The van der Waals surface area contributed by atoms with Crippen molar-refractivity contribution in [1.29, 1.82) is 0 Å². The van der Waals surface area contributed by atoms with Gasteiger partial charge in [0.1, 0.15) is 11.6 Å². The van der Waals surface area contributed by atoms with Crippen LogP contribution in [0.2, 0.25) is 0 Å². The third kappa shape index (κ3) is 4.15. The number of amides is 3. The molecule has 38 heavy (non-hydrogen) atoms. The number of carbonyl (C=O) groups is 3. The zero-order chi connectivity index (χ0) is 27.2. The van der Waals surface area contributed by atoms with Crippen molar-refractivity contribution in [3.05, 3.63) is 30.3 Å². The summed E-state index contributed by atoms with van der Waals surface area (Å²) in [6.07, 6.45) is 6.44. The minimum Gasteiger partial charge on any atom is -0.394 e. The summed E-state index contributed by atoms with van der Waals surface area (Å²) in [4.78, 5) is 44.0. The molecule has 0 aromatic heterocycles. The van der Waals surface area contributed by atoms with Gasteiger partial charge in [-0.15, -0.1) is 0 Å². The van der Waals surface area contributed by atoms with Gasteiger partial charge in [-0.05, 0) is 50.2 Å². The summed E-state index contributed by atoms with van der Waals surface area (Å²) in [5.41, 5.74) is -1.32. The van der Waals surface area contributed by atoms with Crippen LogP contribution < -0.4 is 10.6 Å². The molecule has 0 radical (unpaired) electrons. The van der Waals surface area contributed by atoms with E-state index >= 15 is 0 Å². The van der Waals surface area contributed by atoms with Gasteiger partial charge in [0, 0.05) is 11.7 Å². The maximum atomic E-state index is 14.4. The van der Waals surface area contributed by atoms with Gasteiger partial charge in [-0.25, -0.2) is 0 Å². The first kappa shape index (κ1) is 27.1. The monoisotopic (exact) mass is 525 g/mol. The van der Waals surface area contributed by atoms with E-state index in [2.05, 4.69) is 17.6 Å². The molecule has 3 N–H and O–H groups in total. The molecule has 8 nitrogen and oxygen atoms in total. The van der Waals surface area contributed by atoms with Gasteiger partial charge in [0.2, 0.25) is 17.7 Å². The highest BCUT2D eigenvalue weighted by atomic mass is 16.5. The number of likely N-dealkylation sites (tertiary alicyclic amines) is 1. The van der Waals surface area contributed by atoms with E-state index in [1.807, 2.05) is 51.1 Å². The molecule has 4 aliphatic rings. The summed E-state index contributed by atoms with van der Waals surface area (Å²) in [7, 11) is 0. The van der Waals surface area contributed by atoms with Crippen molar-refractivity contribution >= 4 is 23.4 Å². The van der Waals surface area contributed by atoms with Crippen LogP contribution in [0.25, 0.3) is 0 Å². The van der Waals surface area contributed by atoms with Crippen LogP contribution in [-0.4, -0.2) is 63.7 Å². The Balaban J connectivity index is 1.55. The Kier molecular flexibility index (Phi) is 7.33. The molecule has 3 amide bonds. The number of benzene rings is 1. The number of hydrogen-bond acceptors (Lipinski definition) is 5. The molecule has 3 aliphatic heterocycles. The summed E-state index contributed by atoms with van der Waals surface area (Å²) in [5.74, 6) is -2.31. The molecule has 2 bridgehead atoms. The summed E-state index contributed by atoms with van der Waals surface area (Å²) >= 11 is 0. The van der Waals surface area contributed by atoms with E-state index in [1.54, 1.807) is 4.90 Å². The number of carbonyl (C=O) groups excluding carboxylic acids is 3. The Morgan fingerprint density at radius 1 is 1.16 bits per heavy atom. The van der Waals surface area contributed by atoms with Crippen molar-refractivity contribution in [3.8, 4) is 0 Å². The fourth-order valence-corrected chi connectivity index (χ4v) is 7.82. The smallest absolute Gasteiger partial charge is 0.246 e. The summed E-state index contributed by atoms with van der Waals surface area (Å²) in [5, 5.41) is 16.7. The second kappa shape index (κ2) is 10.3. The van der Waals surface area contributed by atoms with Crippen LogP contribution in [0, 0.1) is 23.7 Å². The van der Waals surface area contributed by atoms with E-state index in [0.29, 0.717) is 12.1 Å². The number of fused-ring (bicyclic) bond motifs is 1. The Hall–Kier alpha value is -2.45. The second-order valence-corrected chi connectivity index (χ2v) is 12.3. The molecule has 1 aromatic rings. The lowest BCUT2D eigenvalue weighted by atomic mass is 9.62. The molecular formula is C30H43N3O5. The molecule has 8 atom stereocenters. The van der Waals surface area contributed by atoms with Gasteiger partial charge >= 0.3 is 0 Å². The minimum absolute atomic E-state index is 0.0223. The molecule has 3 unspecified atom stereocenters. The average Bonchev–Trinajstić information content (AvgIpc) is 3.42. The molecule has 208 valence electrons. The fraction of sp³-hybridized carbons (Fsp3) is 0.700. The number of nitrogens with one attached hydrogen (secondary N) is 2. The van der Waals surface area contributed by atoms with Crippen molar-refractivity contribution < 1.29 is 24.2 Å². The van der Waals surface area contributed by atoms with Gasteiger partial charge in [0.25, 0.3) is 0 Å². The van der Waals surface area contributed by atoms with Crippen LogP contribution >= 0.6 is 0 Å². The van der Waals surface area contributed by atoms with E-state index < -0.39 is 35.1 Å². The van der Waals surface area contributed by atoms with E-state index in [1.165, 1.54) is 6.42 Å². The topological polar surface area (TPSA) is 108 Å². The van der Waals surface area contributed by atoms with E-state index in [0.717, 1.165) is 32.1 Å². The molecule has 1 aliphatic carbocycles. The first-order valence-corrected chi connectivity index (χ1v) is 14.5. The highest BCUT2D eigenvalue weighted by molar-refractivity contribution is 6.02. The summed E-state index contributed by atoms with van der Waals surface area (Å²) in [6.45, 7) is 7.74. The van der Waals surface area contributed by atoms with Crippen molar-refractivity contribution in [2.24, 2.45) is 23.7 Å². The normalized spacial score (nSPS) is 36.1. The first-order valence-electron chi connectivity index (χ1n) is 14.5. The van der Waals surface area contributed by atoms with E-state index in [-0.39, 0.29) is 42.2 Å². The zero-order valence-electron chi connectivity index (χ0n) is 23.1. The Labute approximate surface area is 225 Å². The van der Waals surface area contributed by atoms with Crippen molar-refractivity contribution in [3.63, 3.8) is 0 Å². The number of hydrogen-bond donors (Lipinski definition) is 3. The Bertz CT molecular complexity index is 1060. The van der Waals surface area contributed by atoms with Gasteiger partial charge in [0.15, 0.2) is 0 Å². The molecule has 1 aromatic carbocycles. The standard InChI is InChI=1S/C30H43N3O5/c1-5-18(2)22(17-34)33-25(27(36)32-21-14-10-7-11-15-21)30-16-19(3)29(4,38-30)23(24(30)28(33)37)26(35)31-20-12-8-6-9-13-20/h6,8-9,12-13,18-19,21-25,34H,5,7,10-11,14-17H2,1-4H3,(H,31,35)(H,32,36)/t18-,19?,22-,23+,24-,25?,29-,30?/m0/s1. The van der Waals surface area contributed by atoms with E-state index in [4.69, 9.17) is 4.74 Å². The van der Waals surface area contributed by atoms with Gasteiger partial charge in [-0.2, -0.15) is 0 Å². The lowest BCUT2D eigenvalue weighted by Crippen LogP contribution is -2.60. The van der Waals surface area contributed by atoms with Gasteiger partial charge in [0.05, 0.1) is 30.1 Å². The zero-order valence-corrected chi connectivity index (χ0v) is 23.1. The van der Waals surface area contributed by atoms with Crippen LogP contribution in [0.3, 0.4) is 0 Å². The predicted molar refractivity (Wildman–Crippen MR) is 144 cm³/mol. The quantitative estimate of drug-likeness (QED) is 0.482. The number of anilines is 1. The molecule has 8 heteroatoms. The highest BCUT2D eigenvalue weighted by Gasteiger charge is 2.80. The van der Waals surface area contributed by atoms with Crippen LogP contribution in [0.1, 0.15) is 72.6 Å². The molecule has 1 spiro atoms. The number of aliphatic hydroxyl groups is 1. The predicted octanol–water partition coefficient (Wildman–Crippen LogP) is 3.49. The molecule has 1 saturated carbocycles. The summed E-state index contributed by atoms with van der Waals surface area (Å²) < 4.78 is 6.82. The van der Waals surface area contributed by atoms with Crippen molar-refractivity contribution in [2.45, 2.75) is 102 Å². The molecule has 3 saturated heterocycles. The van der Waals surface area contributed by atoms with Crippen molar-refractivity contribution in [1.82, 2.24) is 10.2 Å². The van der Waals surface area contributed by atoms with Gasteiger partial charge in [-0.1, -0.05) is 64.7 Å². The van der Waals surface area contributed by atoms with E-state index in [9.17, 15) is 19.5 Å². The average molecular weight is 526 g/mol. The fourth-order valence-electron chi connectivity index (χ4n) is 7.82. The molecule has 4 fully saturated rings. The van der Waals surface area contributed by atoms with Crippen LogP contribution in [-0.2, 0) is 19.1 Å². The highest BCUT2D eigenvalue weighted by Crippen LogP contribution is 2.65. The van der Waals surface area contributed by atoms with Crippen LogP contribution in [0.15, 0.2) is 30.3 Å². The Morgan fingerprint density at radius 3 is 2.47 bits per heavy atom. The minimum atomic E-state index is -1.11. The second-order valence-electron chi connectivity index (χ2n) is 12.3. The largest absolute Gasteiger partial charge is 0.394 e. The van der Waals surface area contributed by atoms with Crippen LogP contribution in [0.5, 0.6) is 0 Å². The van der Waals surface area contributed by atoms with Gasteiger partial charge in [-0.3, -0.25) is 14.4 Å². The third-order valence-electron chi connectivity index (χ3n) is 10.1. The third-order valence-corrected chi connectivity index (χ3v) is 10.1. The van der Waals surface area contributed by atoms with Crippen LogP contribution in [0.4, 0.5) is 5.69 Å². The number of ether oxygens (including phenoxy) is 1. The van der Waals surface area contributed by atoms with Gasteiger partial charge < -0.3 is 25.4 Å². The maximum Gasteiger partial charge on any atom is 0.246 e. The first-order chi connectivity index (χ1) is 18.2. The Morgan fingerprint density at radius 2 is 1.84 bits per heavy atom. The molecule has 3 heterocycles. The summed E-state index contributed by atoms with van der Waals surface area (Å²) in [6, 6.07) is 7.89. The number of para-hydroxylation sites is 1. The number of aliphatic hydroxyl groups excluding tert-OH is 1. The maximum absolute atomic E-state index is 14.4. The number of nitrogens with zero attached hydrogens (tertiary/aromatic N) is 1. The van der Waals surface area contributed by atoms with Crippen molar-refractivity contribution in [2.75, 3.05) is 11.9 Å². The SMILES string of the molecule is CC[C@H](C)[C@H](CO)N1C(=O)[C@@H]2[C@H](C(=O)Nc3ccccc3)[C@@]3(C)OC2(CC3C)C1C(=O)NC1CCCCC1. The molecular weight excluding hydrogens is 482 g/mol. The lowest BCUT2D eigenvalue weighted by Gasteiger charge is -2.40. The number of rotatable bonds is 8. The molecule has 5 rings (SSSR count).